The smallest absolute Gasteiger partial charge is 0.326 e. The number of phenolic OH excluding ortho intramolecular Hbond substituents is 1. The molecule has 0 saturated carbocycles. The molecule has 1 saturated heterocycles. The number of ether oxygens (including phenoxy) is 1. The summed E-state index contributed by atoms with van der Waals surface area (Å²) in [5.74, 6) is -6.59. The maximum Gasteiger partial charge on any atom is 0.326 e. The van der Waals surface area contributed by atoms with Crippen LogP contribution in [0.15, 0.2) is 54.6 Å². The topological polar surface area (TPSA) is 276 Å². The number of benzene rings is 2. The van der Waals surface area contributed by atoms with Gasteiger partial charge in [-0.25, -0.2) is 4.79 Å². The number of aliphatic carboxylic acids is 1. The van der Waals surface area contributed by atoms with Crippen LogP contribution in [0.25, 0.3) is 0 Å². The summed E-state index contributed by atoms with van der Waals surface area (Å²) >= 11 is 0. The van der Waals surface area contributed by atoms with Crippen molar-refractivity contribution in [3.05, 3.63) is 65.7 Å². The van der Waals surface area contributed by atoms with Crippen molar-refractivity contribution < 1.29 is 59.3 Å². The van der Waals surface area contributed by atoms with Crippen LogP contribution < -0.4 is 26.6 Å². The number of carboxylic acid groups (broad SMARTS) is 1. The van der Waals surface area contributed by atoms with Crippen LogP contribution in [-0.2, 0) is 41.6 Å². The molecule has 0 unspecified atom stereocenters. The largest absolute Gasteiger partial charge is 0.508 e. The number of hydrogen-bond acceptors (Lipinski definition) is 12. The third-order valence-corrected chi connectivity index (χ3v) is 8.10. The standard InChI is InChI=1S/C34H47N5O12/c1-19(2)12-25(33(48)49)39-32(47)24(14-20-6-4-3-5-7-20)38-28(43)16-35-27(42)15-36-31(46)23(13-21-8-10-22(40)11-9-21)37-18-34(50)30(45)29(44)26(41)17-51-34/h3-11,19,23-26,29-30,37,40-41,44-45,50H,12-18H2,1-2H3,(H,35,42)(H,36,46)(H,38,43)(H,39,47)(H,48,49)/t23-,24-,25-,26+,29-,30-,34-/m0/s1. The van der Waals surface area contributed by atoms with Crippen LogP contribution in [-0.4, -0.2) is 129 Å². The van der Waals surface area contributed by atoms with Crippen molar-refractivity contribution in [2.24, 2.45) is 5.92 Å². The summed E-state index contributed by atoms with van der Waals surface area (Å²) in [5.41, 5.74) is 1.27. The molecule has 1 heterocycles. The van der Waals surface area contributed by atoms with Crippen molar-refractivity contribution in [2.75, 3.05) is 26.2 Å². The first kappa shape index (κ1) is 40.8. The molecule has 2 aromatic carbocycles. The zero-order valence-electron chi connectivity index (χ0n) is 28.3. The first-order valence-corrected chi connectivity index (χ1v) is 16.4. The molecule has 1 fully saturated rings. The van der Waals surface area contributed by atoms with Crippen LogP contribution in [0.1, 0.15) is 31.4 Å². The zero-order valence-corrected chi connectivity index (χ0v) is 28.3. The summed E-state index contributed by atoms with van der Waals surface area (Å²) in [7, 11) is 0. The molecule has 1 aliphatic heterocycles. The number of phenols is 1. The first-order chi connectivity index (χ1) is 24.1. The summed E-state index contributed by atoms with van der Waals surface area (Å²) in [6.45, 7) is 1.40. The van der Waals surface area contributed by atoms with Gasteiger partial charge in [0.2, 0.25) is 29.4 Å². The van der Waals surface area contributed by atoms with E-state index in [2.05, 4.69) is 26.6 Å². The highest BCUT2D eigenvalue weighted by molar-refractivity contribution is 5.93. The van der Waals surface area contributed by atoms with Crippen LogP contribution in [0.3, 0.4) is 0 Å². The molecule has 7 atom stereocenters. The number of nitrogens with one attached hydrogen (secondary N) is 5. The van der Waals surface area contributed by atoms with Gasteiger partial charge in [0.25, 0.3) is 0 Å². The molecule has 0 spiro atoms. The second-order valence-electron chi connectivity index (χ2n) is 12.8. The van der Waals surface area contributed by atoms with Gasteiger partial charge in [-0.05, 0) is 42.0 Å². The zero-order chi connectivity index (χ0) is 37.7. The first-order valence-electron chi connectivity index (χ1n) is 16.4. The Morgan fingerprint density at radius 1 is 0.804 bits per heavy atom. The minimum atomic E-state index is -2.37. The average molecular weight is 718 g/mol. The van der Waals surface area contributed by atoms with Gasteiger partial charge in [-0.3, -0.25) is 19.2 Å². The van der Waals surface area contributed by atoms with Gasteiger partial charge < -0.3 is 62.0 Å². The number of aliphatic hydroxyl groups is 4. The van der Waals surface area contributed by atoms with Crippen LogP contribution in [0.4, 0.5) is 0 Å². The number of aromatic hydroxyl groups is 1. The number of hydrogen-bond donors (Lipinski definition) is 11. The number of carbonyl (C=O) groups excluding carboxylic acids is 4. The van der Waals surface area contributed by atoms with Crippen molar-refractivity contribution in [2.45, 2.75) is 75.3 Å². The van der Waals surface area contributed by atoms with Gasteiger partial charge in [0.15, 0.2) is 0 Å². The SMILES string of the molecule is CC(C)C[C@H](NC(=O)[C@H](Cc1ccccc1)NC(=O)CNC(=O)CNC(=O)[C@H](Cc1ccc(O)cc1)NC[C@]1(O)OC[C@@H](O)[C@H](O)[C@@H]1O)C(=O)O. The van der Waals surface area contributed by atoms with Crippen LogP contribution in [0.5, 0.6) is 5.75 Å². The van der Waals surface area contributed by atoms with Crippen LogP contribution in [0.2, 0.25) is 0 Å². The van der Waals surface area contributed by atoms with Crippen molar-refractivity contribution in [1.82, 2.24) is 26.6 Å². The van der Waals surface area contributed by atoms with Crippen molar-refractivity contribution >= 4 is 29.6 Å². The summed E-state index contributed by atoms with van der Waals surface area (Å²) in [6.07, 6.45) is -4.88. The Hall–Kier alpha value is -4.65. The van der Waals surface area contributed by atoms with Crippen LogP contribution in [0, 0.1) is 5.92 Å². The minimum Gasteiger partial charge on any atom is -0.508 e. The van der Waals surface area contributed by atoms with Crippen molar-refractivity contribution in [3.63, 3.8) is 0 Å². The molecule has 3 rings (SSSR count). The Balaban J connectivity index is 1.59. The molecule has 0 bridgehead atoms. The lowest BCUT2D eigenvalue weighted by atomic mass is 9.96. The van der Waals surface area contributed by atoms with E-state index >= 15 is 0 Å². The molecule has 280 valence electrons. The summed E-state index contributed by atoms with van der Waals surface area (Å²) in [4.78, 5) is 63.5. The molecule has 11 N–H and O–H groups in total. The quantitative estimate of drug-likeness (QED) is 0.0749. The minimum absolute atomic E-state index is 0.0156. The van der Waals surface area contributed by atoms with Gasteiger partial charge in [-0.1, -0.05) is 56.3 Å². The predicted octanol–water partition coefficient (Wildman–Crippen LogP) is -2.73. The van der Waals surface area contributed by atoms with E-state index in [0.717, 1.165) is 0 Å². The van der Waals surface area contributed by atoms with Gasteiger partial charge >= 0.3 is 5.97 Å². The van der Waals surface area contributed by atoms with E-state index in [9.17, 15) is 54.6 Å². The summed E-state index contributed by atoms with van der Waals surface area (Å²) < 4.78 is 5.14. The molecule has 0 radical (unpaired) electrons. The lowest BCUT2D eigenvalue weighted by Crippen LogP contribution is -2.65. The van der Waals surface area contributed by atoms with E-state index in [-0.39, 0.29) is 30.9 Å². The van der Waals surface area contributed by atoms with Gasteiger partial charge in [0.1, 0.15) is 36.1 Å². The van der Waals surface area contributed by atoms with E-state index in [4.69, 9.17) is 4.74 Å². The maximum atomic E-state index is 13.2. The maximum absolute atomic E-state index is 13.2. The molecule has 0 aliphatic carbocycles. The normalized spacial score (nSPS) is 21.9. The van der Waals surface area contributed by atoms with E-state index in [1.54, 1.807) is 42.5 Å². The molecule has 2 aromatic rings. The van der Waals surface area contributed by atoms with Gasteiger partial charge in [0.05, 0.1) is 32.3 Å². The molecule has 17 nitrogen and oxygen atoms in total. The highest BCUT2D eigenvalue weighted by Gasteiger charge is 2.48. The van der Waals surface area contributed by atoms with E-state index in [0.29, 0.717) is 11.1 Å². The Bertz CT molecular complexity index is 1480. The molecule has 17 heteroatoms. The fourth-order valence-corrected chi connectivity index (χ4v) is 5.24. The molecule has 4 amide bonds. The molecule has 1 aliphatic rings. The Labute approximate surface area is 294 Å². The molecule has 0 aromatic heterocycles. The van der Waals surface area contributed by atoms with E-state index < -0.39 is 98.1 Å². The van der Waals surface area contributed by atoms with Gasteiger partial charge in [-0.2, -0.15) is 0 Å². The third kappa shape index (κ3) is 12.9. The number of aliphatic hydroxyl groups excluding tert-OH is 3. The fourth-order valence-electron chi connectivity index (χ4n) is 5.24. The Kier molecular flexibility index (Phi) is 15.3. The number of rotatable bonds is 18. The predicted molar refractivity (Wildman–Crippen MR) is 180 cm³/mol. The van der Waals surface area contributed by atoms with E-state index in [1.165, 1.54) is 12.1 Å². The lowest BCUT2D eigenvalue weighted by Gasteiger charge is -2.42. The van der Waals surface area contributed by atoms with Crippen molar-refractivity contribution in [3.8, 4) is 5.75 Å². The van der Waals surface area contributed by atoms with Crippen LogP contribution >= 0.6 is 0 Å². The molecule has 51 heavy (non-hydrogen) atoms. The molecular formula is C34H47N5O12. The summed E-state index contributed by atoms with van der Waals surface area (Å²) in [6, 6.07) is 11.1. The number of amides is 4. The summed E-state index contributed by atoms with van der Waals surface area (Å²) in [5, 5.41) is 72.4. The highest BCUT2D eigenvalue weighted by Crippen LogP contribution is 2.24. The Morgan fingerprint density at radius 2 is 1.41 bits per heavy atom. The second-order valence-corrected chi connectivity index (χ2v) is 12.8. The third-order valence-electron chi connectivity index (χ3n) is 8.10. The van der Waals surface area contributed by atoms with Crippen molar-refractivity contribution in [1.29, 1.82) is 0 Å². The molecular weight excluding hydrogens is 670 g/mol. The van der Waals surface area contributed by atoms with Gasteiger partial charge in [-0.15, -0.1) is 0 Å². The highest BCUT2D eigenvalue weighted by atomic mass is 16.6. The Morgan fingerprint density at radius 3 is 2.04 bits per heavy atom. The fraction of sp³-hybridized carbons (Fsp3) is 0.500. The van der Waals surface area contributed by atoms with E-state index in [1.807, 2.05) is 13.8 Å². The van der Waals surface area contributed by atoms with Gasteiger partial charge in [0, 0.05) is 6.42 Å². The number of carbonyl (C=O) groups is 5. The average Bonchev–Trinajstić information content (AvgIpc) is 3.09. The lowest BCUT2D eigenvalue weighted by molar-refractivity contribution is -0.318. The number of carboxylic acids is 1. The second kappa shape index (κ2) is 19.1. The monoisotopic (exact) mass is 717 g/mol.